The van der Waals surface area contributed by atoms with Crippen molar-refractivity contribution in [3.8, 4) is 0 Å². The number of benzene rings is 1. The molecule has 0 amide bonds. The SMILES string of the molecule is CC.S=C=NC1CCc2ccccc21. The topological polar surface area (TPSA) is 12.4 Å². The monoisotopic (exact) mass is 205 g/mol. The lowest BCUT2D eigenvalue weighted by atomic mass is 10.1. The van der Waals surface area contributed by atoms with Crippen molar-refractivity contribution in [3.05, 3.63) is 35.4 Å². The van der Waals surface area contributed by atoms with Crippen LogP contribution < -0.4 is 0 Å². The molecule has 0 aromatic heterocycles. The van der Waals surface area contributed by atoms with Crippen LogP contribution >= 0.6 is 12.2 Å². The molecule has 1 atom stereocenters. The van der Waals surface area contributed by atoms with Crippen LogP contribution in [0.15, 0.2) is 29.3 Å². The zero-order valence-electron chi connectivity index (χ0n) is 8.66. The second kappa shape index (κ2) is 5.69. The summed E-state index contributed by atoms with van der Waals surface area (Å²) in [4.78, 5) is 4.13. The zero-order chi connectivity index (χ0) is 10.4. The highest BCUT2D eigenvalue weighted by atomic mass is 32.1. The minimum Gasteiger partial charge on any atom is -0.224 e. The summed E-state index contributed by atoms with van der Waals surface area (Å²) < 4.78 is 0. The number of nitrogens with zero attached hydrogens (tertiary/aromatic N) is 1. The van der Waals surface area contributed by atoms with Gasteiger partial charge in [-0.1, -0.05) is 38.1 Å². The minimum absolute atomic E-state index is 0.277. The van der Waals surface area contributed by atoms with Gasteiger partial charge in [0.15, 0.2) is 0 Å². The maximum atomic E-state index is 4.60. The Balaban J connectivity index is 0.000000461. The second-order valence-electron chi connectivity index (χ2n) is 2.97. The van der Waals surface area contributed by atoms with Crippen LogP contribution in [0.4, 0.5) is 0 Å². The quantitative estimate of drug-likeness (QED) is 0.501. The van der Waals surface area contributed by atoms with Gasteiger partial charge < -0.3 is 0 Å². The maximum Gasteiger partial charge on any atom is 0.0858 e. The molecule has 0 spiro atoms. The summed E-state index contributed by atoms with van der Waals surface area (Å²) in [5.74, 6) is 0. The van der Waals surface area contributed by atoms with Gasteiger partial charge in [0.2, 0.25) is 0 Å². The van der Waals surface area contributed by atoms with Crippen molar-refractivity contribution in [1.29, 1.82) is 0 Å². The van der Waals surface area contributed by atoms with E-state index in [4.69, 9.17) is 0 Å². The predicted molar refractivity (Wildman–Crippen MR) is 63.9 cm³/mol. The average molecular weight is 205 g/mol. The largest absolute Gasteiger partial charge is 0.224 e. The number of hydrogen-bond acceptors (Lipinski definition) is 2. The molecule has 0 radical (unpaired) electrons. The van der Waals surface area contributed by atoms with Crippen molar-refractivity contribution in [3.63, 3.8) is 0 Å². The number of hydrogen-bond donors (Lipinski definition) is 0. The fourth-order valence-corrected chi connectivity index (χ4v) is 1.86. The predicted octanol–water partition coefficient (Wildman–Crippen LogP) is 3.80. The van der Waals surface area contributed by atoms with Crippen molar-refractivity contribution >= 4 is 17.4 Å². The van der Waals surface area contributed by atoms with Crippen LogP contribution in [0.1, 0.15) is 37.4 Å². The first kappa shape index (κ1) is 11.1. The Bertz CT molecular complexity index is 340. The first-order valence-corrected chi connectivity index (χ1v) is 5.47. The summed E-state index contributed by atoms with van der Waals surface area (Å²) >= 11 is 4.60. The van der Waals surface area contributed by atoms with Crippen molar-refractivity contribution < 1.29 is 0 Å². The molecule has 0 N–H and O–H groups in total. The van der Waals surface area contributed by atoms with Gasteiger partial charge in [-0.2, -0.15) is 0 Å². The van der Waals surface area contributed by atoms with Crippen molar-refractivity contribution in [1.82, 2.24) is 0 Å². The van der Waals surface area contributed by atoms with E-state index >= 15 is 0 Å². The Morgan fingerprint density at radius 2 is 2.07 bits per heavy atom. The first-order chi connectivity index (χ1) is 6.92. The molecule has 0 aliphatic heterocycles. The number of isothiocyanates is 1. The molecule has 1 aliphatic rings. The van der Waals surface area contributed by atoms with E-state index in [9.17, 15) is 0 Å². The average Bonchev–Trinajstić information content (AvgIpc) is 2.66. The van der Waals surface area contributed by atoms with Gasteiger partial charge in [-0.05, 0) is 36.2 Å². The highest BCUT2D eigenvalue weighted by Gasteiger charge is 2.20. The summed E-state index contributed by atoms with van der Waals surface area (Å²) in [5, 5.41) is 2.46. The third-order valence-corrected chi connectivity index (χ3v) is 2.42. The van der Waals surface area contributed by atoms with Crippen molar-refractivity contribution in [2.45, 2.75) is 32.7 Å². The Hall–Kier alpha value is -0.980. The molecule has 14 heavy (non-hydrogen) atoms. The summed E-state index contributed by atoms with van der Waals surface area (Å²) in [6, 6.07) is 8.69. The molecule has 0 saturated carbocycles. The fourth-order valence-electron chi connectivity index (χ4n) is 1.73. The standard InChI is InChI=1S/C10H9NS.C2H6/c12-7-11-10-6-5-8-3-1-2-4-9(8)10;1-2/h1-4,10H,5-6H2;1-2H3. The van der Waals surface area contributed by atoms with E-state index in [2.05, 4.69) is 46.6 Å². The Morgan fingerprint density at radius 1 is 1.36 bits per heavy atom. The van der Waals surface area contributed by atoms with Gasteiger partial charge in [-0.15, -0.1) is 0 Å². The molecule has 0 saturated heterocycles. The number of rotatable bonds is 1. The normalized spacial score (nSPS) is 17.4. The fraction of sp³-hybridized carbons (Fsp3) is 0.417. The lowest BCUT2D eigenvalue weighted by Gasteiger charge is -2.01. The van der Waals surface area contributed by atoms with E-state index in [0.29, 0.717) is 0 Å². The number of aliphatic imine (C=N–C) groups is 1. The third-order valence-electron chi connectivity index (χ3n) is 2.31. The van der Waals surface area contributed by atoms with Gasteiger partial charge in [-0.25, -0.2) is 4.99 Å². The smallest absolute Gasteiger partial charge is 0.0858 e. The molecule has 0 fully saturated rings. The van der Waals surface area contributed by atoms with Gasteiger partial charge in [0.25, 0.3) is 0 Å². The van der Waals surface area contributed by atoms with Crippen molar-refractivity contribution in [2.75, 3.05) is 0 Å². The summed E-state index contributed by atoms with van der Waals surface area (Å²) in [6.45, 7) is 4.00. The molecule has 1 nitrogen and oxygen atoms in total. The third kappa shape index (κ3) is 2.28. The van der Waals surface area contributed by atoms with Crippen LogP contribution in [0.2, 0.25) is 0 Å². The van der Waals surface area contributed by atoms with E-state index in [-0.39, 0.29) is 6.04 Å². The Labute approximate surface area is 90.9 Å². The molecule has 0 bridgehead atoms. The zero-order valence-corrected chi connectivity index (χ0v) is 9.47. The van der Waals surface area contributed by atoms with E-state index in [1.807, 2.05) is 13.8 Å². The molecule has 74 valence electrons. The van der Waals surface area contributed by atoms with E-state index < -0.39 is 0 Å². The molecular weight excluding hydrogens is 190 g/mol. The van der Waals surface area contributed by atoms with Crippen LogP contribution in [0.3, 0.4) is 0 Å². The summed E-state index contributed by atoms with van der Waals surface area (Å²) in [6.07, 6.45) is 2.21. The molecular formula is C12H15NS. The summed E-state index contributed by atoms with van der Waals surface area (Å²) in [5.41, 5.74) is 2.74. The van der Waals surface area contributed by atoms with Gasteiger partial charge in [0, 0.05) is 0 Å². The Morgan fingerprint density at radius 3 is 2.79 bits per heavy atom. The molecule has 1 aromatic carbocycles. The van der Waals surface area contributed by atoms with Gasteiger partial charge in [0.1, 0.15) is 0 Å². The molecule has 1 aliphatic carbocycles. The molecule has 2 heteroatoms. The van der Waals surface area contributed by atoms with Crippen LogP contribution in [-0.4, -0.2) is 5.16 Å². The minimum atomic E-state index is 0.277. The maximum absolute atomic E-state index is 4.60. The molecule has 2 rings (SSSR count). The van der Waals surface area contributed by atoms with Crippen LogP contribution in [0.25, 0.3) is 0 Å². The molecule has 1 unspecified atom stereocenters. The van der Waals surface area contributed by atoms with Crippen LogP contribution in [0, 0.1) is 0 Å². The summed E-state index contributed by atoms with van der Waals surface area (Å²) in [7, 11) is 0. The molecule has 0 heterocycles. The Kier molecular flexibility index (Phi) is 4.51. The number of fused-ring (bicyclic) bond motifs is 1. The lowest BCUT2D eigenvalue weighted by molar-refractivity contribution is 0.721. The number of thiocarbonyl (C=S) groups is 1. The lowest BCUT2D eigenvalue weighted by Crippen LogP contribution is -1.86. The van der Waals surface area contributed by atoms with Gasteiger partial charge in [-0.3, -0.25) is 0 Å². The van der Waals surface area contributed by atoms with Crippen molar-refractivity contribution in [2.24, 2.45) is 4.99 Å². The van der Waals surface area contributed by atoms with Crippen LogP contribution in [0.5, 0.6) is 0 Å². The first-order valence-electron chi connectivity index (χ1n) is 5.06. The van der Waals surface area contributed by atoms with E-state index in [1.165, 1.54) is 11.1 Å². The highest BCUT2D eigenvalue weighted by Crippen LogP contribution is 2.33. The van der Waals surface area contributed by atoms with Crippen LogP contribution in [-0.2, 0) is 6.42 Å². The van der Waals surface area contributed by atoms with E-state index in [0.717, 1.165) is 12.8 Å². The van der Waals surface area contributed by atoms with Gasteiger partial charge in [0.05, 0.1) is 11.2 Å². The second-order valence-corrected chi connectivity index (χ2v) is 3.16. The number of aryl methyl sites for hydroxylation is 1. The van der Waals surface area contributed by atoms with Gasteiger partial charge >= 0.3 is 0 Å². The molecule has 1 aromatic rings. The van der Waals surface area contributed by atoms with E-state index in [1.54, 1.807) is 0 Å². The highest BCUT2D eigenvalue weighted by molar-refractivity contribution is 7.78.